The summed E-state index contributed by atoms with van der Waals surface area (Å²) in [6.07, 6.45) is 4.61. The van der Waals surface area contributed by atoms with Crippen LogP contribution in [0, 0.1) is 5.92 Å². The number of amides is 1. The van der Waals surface area contributed by atoms with Crippen molar-refractivity contribution in [2.24, 2.45) is 5.92 Å². The Morgan fingerprint density at radius 3 is 2.61 bits per heavy atom. The van der Waals surface area contributed by atoms with E-state index in [1.165, 1.54) is 0 Å². The Kier molecular flexibility index (Phi) is 8.99. The first kappa shape index (κ1) is 28.8. The number of carboxylic acid groups (broad SMARTS) is 1. The molecule has 1 unspecified atom stereocenters. The molecule has 10 nitrogen and oxygen atoms in total. The van der Waals surface area contributed by atoms with Crippen molar-refractivity contribution in [2.75, 3.05) is 39.6 Å². The lowest BCUT2D eigenvalue weighted by atomic mass is 9.84. The number of fused-ring (bicyclic) bond motifs is 2. The molecule has 2 aliphatic rings. The molecule has 0 aliphatic carbocycles. The molecular weight excluding hydrogens is 526 g/mol. The number of aliphatic carboxylic acids is 1. The summed E-state index contributed by atoms with van der Waals surface area (Å²) in [5.74, 6) is -0.741. The van der Waals surface area contributed by atoms with Crippen LogP contribution in [0.3, 0.4) is 0 Å². The van der Waals surface area contributed by atoms with Crippen LogP contribution in [-0.2, 0) is 16.1 Å². The third kappa shape index (κ3) is 6.13. The summed E-state index contributed by atoms with van der Waals surface area (Å²) in [6, 6.07) is 12.7. The van der Waals surface area contributed by atoms with Gasteiger partial charge in [0.15, 0.2) is 17.4 Å². The number of aliphatic hydroxyl groups excluding tert-OH is 1. The zero-order valence-corrected chi connectivity index (χ0v) is 23.4. The van der Waals surface area contributed by atoms with E-state index in [2.05, 4.69) is 6.92 Å². The lowest BCUT2D eigenvalue weighted by Crippen LogP contribution is -2.45. The molecular formula is C31H39N3O7. The summed E-state index contributed by atoms with van der Waals surface area (Å²) < 4.78 is 12.8. The number of carbonyl (C=O) groups is 2. The van der Waals surface area contributed by atoms with Gasteiger partial charge in [-0.25, -0.2) is 0 Å². The van der Waals surface area contributed by atoms with Crippen LogP contribution in [0.1, 0.15) is 44.1 Å². The number of carbonyl (C=O) groups excluding carboxylic acids is 1. The molecule has 2 aromatic carbocycles. The Morgan fingerprint density at radius 2 is 1.85 bits per heavy atom. The van der Waals surface area contributed by atoms with E-state index in [1.54, 1.807) is 9.47 Å². The van der Waals surface area contributed by atoms with E-state index in [1.807, 2.05) is 53.6 Å². The van der Waals surface area contributed by atoms with Gasteiger partial charge in [0.25, 0.3) is 0 Å². The molecule has 0 saturated carbocycles. The van der Waals surface area contributed by atoms with Crippen molar-refractivity contribution in [3.05, 3.63) is 54.2 Å². The molecule has 3 atom stereocenters. The van der Waals surface area contributed by atoms with Crippen molar-refractivity contribution in [2.45, 2.75) is 51.1 Å². The number of likely N-dealkylation sites (tertiary alicyclic amines) is 1. The minimum absolute atomic E-state index is 0.00420. The smallest absolute Gasteiger partial charge is 0.308 e. The van der Waals surface area contributed by atoms with Gasteiger partial charge in [0.2, 0.25) is 12.7 Å². The van der Waals surface area contributed by atoms with Crippen molar-refractivity contribution >= 4 is 22.6 Å². The number of nitrogens with zero attached hydrogens (tertiary/aromatic N) is 3. The van der Waals surface area contributed by atoms with Crippen LogP contribution >= 0.6 is 0 Å². The van der Waals surface area contributed by atoms with Gasteiger partial charge in [-0.3, -0.25) is 14.5 Å². The molecule has 3 heterocycles. The Hall–Kier alpha value is -3.76. The van der Waals surface area contributed by atoms with Crippen LogP contribution in [0.5, 0.6) is 17.4 Å². The van der Waals surface area contributed by atoms with E-state index in [9.17, 15) is 24.9 Å². The van der Waals surface area contributed by atoms with Crippen LogP contribution in [0.15, 0.2) is 48.7 Å². The molecule has 10 heteroatoms. The Bertz CT molecular complexity index is 1360. The van der Waals surface area contributed by atoms with Gasteiger partial charge >= 0.3 is 5.97 Å². The van der Waals surface area contributed by atoms with Crippen molar-refractivity contribution in [1.82, 2.24) is 14.4 Å². The minimum atomic E-state index is -0.919. The van der Waals surface area contributed by atoms with Crippen LogP contribution in [0.4, 0.5) is 0 Å². The van der Waals surface area contributed by atoms with Gasteiger partial charge in [-0.2, -0.15) is 0 Å². The molecule has 3 aromatic rings. The topological polar surface area (TPSA) is 125 Å². The lowest BCUT2D eigenvalue weighted by molar-refractivity contribution is -0.144. The highest BCUT2D eigenvalue weighted by atomic mass is 16.7. The first-order chi connectivity index (χ1) is 19.9. The fourth-order valence-electron chi connectivity index (χ4n) is 6.22. The second-order valence-corrected chi connectivity index (χ2v) is 10.9. The first-order valence-corrected chi connectivity index (χ1v) is 14.4. The van der Waals surface area contributed by atoms with E-state index < -0.39 is 17.9 Å². The summed E-state index contributed by atoms with van der Waals surface area (Å²) >= 11 is 0. The summed E-state index contributed by atoms with van der Waals surface area (Å²) in [4.78, 5) is 30.2. The fraction of sp³-hybridized carbons (Fsp3) is 0.484. The number of hydrogen-bond donors (Lipinski definition) is 3. The molecule has 1 aromatic heterocycles. The van der Waals surface area contributed by atoms with Gasteiger partial charge < -0.3 is 34.3 Å². The number of aliphatic hydroxyl groups is 1. The zero-order chi connectivity index (χ0) is 28.9. The lowest BCUT2D eigenvalue weighted by Gasteiger charge is -2.30. The quantitative estimate of drug-likeness (QED) is 0.287. The van der Waals surface area contributed by atoms with Gasteiger partial charge in [0, 0.05) is 61.7 Å². The van der Waals surface area contributed by atoms with E-state index in [-0.39, 0.29) is 37.6 Å². The number of rotatable bonds is 13. The number of aryl methyl sites for hydroxylation is 1. The fourth-order valence-corrected chi connectivity index (χ4v) is 6.22. The SMILES string of the molecule is CCCCN(CCCO)C(=O)CN1C[C@H](c2ccc3c(c2)OCO3)C(C(=O)O)[C@@H]1CCn1cc2ccccc2c1O. The van der Waals surface area contributed by atoms with Gasteiger partial charge in [0.05, 0.1) is 12.5 Å². The average Bonchev–Trinajstić information content (AvgIpc) is 3.67. The summed E-state index contributed by atoms with van der Waals surface area (Å²) in [5, 5.41) is 32.4. The minimum Gasteiger partial charge on any atom is -0.494 e. The molecule has 220 valence electrons. The molecule has 1 saturated heterocycles. The Morgan fingerprint density at radius 1 is 1.07 bits per heavy atom. The molecule has 2 aliphatic heterocycles. The number of aromatic hydroxyl groups is 1. The van der Waals surface area contributed by atoms with Gasteiger partial charge in [0.1, 0.15) is 0 Å². The molecule has 41 heavy (non-hydrogen) atoms. The number of ether oxygens (including phenoxy) is 2. The Labute approximate surface area is 239 Å². The molecule has 0 spiro atoms. The number of hydrogen-bond acceptors (Lipinski definition) is 7. The number of benzene rings is 2. The van der Waals surface area contributed by atoms with Crippen molar-refractivity contribution in [3.63, 3.8) is 0 Å². The Balaban J connectivity index is 1.43. The second kappa shape index (κ2) is 12.8. The van der Waals surface area contributed by atoms with Gasteiger partial charge in [-0.15, -0.1) is 0 Å². The summed E-state index contributed by atoms with van der Waals surface area (Å²) in [6.45, 7) is 4.15. The highest BCUT2D eigenvalue weighted by molar-refractivity contribution is 5.87. The largest absolute Gasteiger partial charge is 0.494 e. The monoisotopic (exact) mass is 565 g/mol. The summed E-state index contributed by atoms with van der Waals surface area (Å²) in [5.41, 5.74) is 0.833. The van der Waals surface area contributed by atoms with Crippen LogP contribution in [-0.4, -0.2) is 87.2 Å². The van der Waals surface area contributed by atoms with E-state index in [0.29, 0.717) is 50.5 Å². The zero-order valence-electron chi connectivity index (χ0n) is 23.4. The summed E-state index contributed by atoms with van der Waals surface area (Å²) in [7, 11) is 0. The van der Waals surface area contributed by atoms with Crippen LogP contribution in [0.25, 0.3) is 10.8 Å². The predicted molar refractivity (Wildman–Crippen MR) is 153 cm³/mol. The van der Waals surface area contributed by atoms with Crippen molar-refractivity contribution in [3.8, 4) is 17.4 Å². The number of aromatic nitrogens is 1. The predicted octanol–water partition coefficient (Wildman–Crippen LogP) is 3.65. The standard InChI is InChI=1S/C31H39N3O7/c1-2-3-12-32(13-6-15-35)28(36)19-34-18-24(21-9-10-26-27(16-21)41-20-40-26)29(31(38)39)25(34)11-14-33-17-22-7-4-5-8-23(22)30(33)37/h4-5,7-10,16-17,24-25,29,35,37H,2-3,6,11-15,18-20H2,1H3,(H,38,39)/t24-,25+,29?/m1/s1. The van der Waals surface area contributed by atoms with Crippen molar-refractivity contribution in [1.29, 1.82) is 0 Å². The maximum absolute atomic E-state index is 13.5. The van der Waals surface area contributed by atoms with E-state index >= 15 is 0 Å². The maximum Gasteiger partial charge on any atom is 0.308 e. The third-order valence-electron chi connectivity index (χ3n) is 8.35. The number of carboxylic acids is 1. The first-order valence-electron chi connectivity index (χ1n) is 14.4. The molecule has 0 bridgehead atoms. The van der Waals surface area contributed by atoms with Crippen molar-refractivity contribution < 1.29 is 34.4 Å². The average molecular weight is 566 g/mol. The van der Waals surface area contributed by atoms with E-state index in [4.69, 9.17) is 9.47 Å². The molecule has 5 rings (SSSR count). The molecule has 0 radical (unpaired) electrons. The highest BCUT2D eigenvalue weighted by Crippen LogP contribution is 2.43. The van der Waals surface area contributed by atoms with Gasteiger partial charge in [-0.05, 0) is 43.0 Å². The maximum atomic E-state index is 13.5. The number of unbranched alkanes of at least 4 members (excludes halogenated alkanes) is 1. The molecule has 3 N–H and O–H groups in total. The van der Waals surface area contributed by atoms with Crippen LogP contribution in [0.2, 0.25) is 0 Å². The molecule has 1 amide bonds. The normalized spacial score (nSPS) is 20.1. The van der Waals surface area contributed by atoms with E-state index in [0.717, 1.165) is 29.2 Å². The second-order valence-electron chi connectivity index (χ2n) is 10.9. The molecule has 1 fully saturated rings. The highest BCUT2D eigenvalue weighted by Gasteiger charge is 2.47. The van der Waals surface area contributed by atoms with Crippen LogP contribution < -0.4 is 9.47 Å². The van der Waals surface area contributed by atoms with Gasteiger partial charge in [-0.1, -0.05) is 37.6 Å². The third-order valence-corrected chi connectivity index (χ3v) is 8.35.